The van der Waals surface area contributed by atoms with Gasteiger partial charge < -0.3 is 4.74 Å². The zero-order valence-corrected chi connectivity index (χ0v) is 11.4. The zero-order valence-electron chi connectivity index (χ0n) is 10.7. The largest absolute Gasteiger partial charge is 0.375 e. The van der Waals surface area contributed by atoms with Crippen molar-refractivity contribution in [1.29, 1.82) is 0 Å². The van der Waals surface area contributed by atoms with Crippen LogP contribution >= 0.6 is 11.6 Å². The Morgan fingerprint density at radius 2 is 1.85 bits per heavy atom. The van der Waals surface area contributed by atoms with E-state index in [4.69, 9.17) is 16.3 Å². The predicted octanol–water partition coefficient (Wildman–Crippen LogP) is 2.83. The van der Waals surface area contributed by atoms with Gasteiger partial charge in [0.05, 0.1) is 12.5 Å². The van der Waals surface area contributed by atoms with Gasteiger partial charge >= 0.3 is 0 Å². The first-order valence-electron chi connectivity index (χ1n) is 6.13. The number of hydrogen-bond acceptors (Lipinski definition) is 3. The van der Waals surface area contributed by atoms with Crippen LogP contribution in [0.3, 0.4) is 0 Å². The summed E-state index contributed by atoms with van der Waals surface area (Å²) in [4.78, 5) is 0. The molecule has 108 valence electrons. The summed E-state index contributed by atoms with van der Waals surface area (Å²) >= 11 is 5.84. The molecule has 0 atom stereocenters. The number of aromatic nitrogens is 3. The highest BCUT2D eigenvalue weighted by Gasteiger charge is 2.13. The average molecular weight is 302 g/mol. The fourth-order valence-corrected chi connectivity index (χ4v) is 1.99. The lowest BCUT2D eigenvalue weighted by Gasteiger charge is -2.09. The van der Waals surface area contributed by atoms with Gasteiger partial charge in [-0.25, -0.2) is 8.78 Å². The third-order valence-corrected chi connectivity index (χ3v) is 2.88. The van der Waals surface area contributed by atoms with Crippen molar-refractivity contribution in [3.05, 3.63) is 42.0 Å². The van der Waals surface area contributed by atoms with Gasteiger partial charge in [0.1, 0.15) is 12.4 Å². The molecule has 0 aliphatic rings. The summed E-state index contributed by atoms with van der Waals surface area (Å²) in [5, 5.41) is 8.04. The van der Waals surface area contributed by atoms with Crippen molar-refractivity contribution in [1.82, 2.24) is 14.8 Å². The maximum atomic E-state index is 12.0. The molecule has 0 aliphatic carbocycles. The quantitative estimate of drug-likeness (QED) is 0.583. The first-order chi connectivity index (χ1) is 9.72. The van der Waals surface area contributed by atoms with E-state index >= 15 is 0 Å². The Bertz CT molecular complexity index is 534. The van der Waals surface area contributed by atoms with Crippen LogP contribution in [0.5, 0.6) is 0 Å². The Morgan fingerprint density at radius 3 is 2.50 bits per heavy atom. The molecule has 20 heavy (non-hydrogen) atoms. The molecule has 2 rings (SSSR count). The Kier molecular flexibility index (Phi) is 5.43. The van der Waals surface area contributed by atoms with Gasteiger partial charge in [-0.2, -0.15) is 0 Å². The standard InChI is InChI=1S/C13H14ClF2N3O/c14-8-13-18-17-12(6-7-20-9-11(15)16)19(13)10-4-2-1-3-5-10/h1-5,11H,6-9H2. The predicted molar refractivity (Wildman–Crippen MR) is 71.4 cm³/mol. The van der Waals surface area contributed by atoms with E-state index in [0.29, 0.717) is 18.1 Å². The number of halogens is 3. The fraction of sp³-hybridized carbons (Fsp3) is 0.385. The summed E-state index contributed by atoms with van der Waals surface area (Å²) in [6.45, 7) is -0.403. The van der Waals surface area contributed by atoms with Gasteiger partial charge in [-0.15, -0.1) is 21.8 Å². The molecule has 2 aromatic rings. The lowest BCUT2D eigenvalue weighted by atomic mass is 10.3. The number of benzene rings is 1. The van der Waals surface area contributed by atoms with Gasteiger partial charge in [-0.3, -0.25) is 4.57 Å². The first kappa shape index (κ1) is 14.9. The zero-order chi connectivity index (χ0) is 14.4. The monoisotopic (exact) mass is 301 g/mol. The van der Waals surface area contributed by atoms with Crippen LogP contribution in [0.25, 0.3) is 5.69 Å². The van der Waals surface area contributed by atoms with Crippen LogP contribution in [-0.4, -0.2) is 34.4 Å². The number of ether oxygens (including phenoxy) is 1. The first-order valence-corrected chi connectivity index (χ1v) is 6.66. The van der Waals surface area contributed by atoms with E-state index < -0.39 is 13.0 Å². The summed E-state index contributed by atoms with van der Waals surface area (Å²) in [5.74, 6) is 1.47. The molecule has 0 unspecified atom stereocenters. The van der Waals surface area contributed by atoms with Crippen LogP contribution in [0.4, 0.5) is 8.78 Å². The molecular weight excluding hydrogens is 288 g/mol. The lowest BCUT2D eigenvalue weighted by molar-refractivity contribution is 0.0182. The van der Waals surface area contributed by atoms with Gasteiger partial charge in [0.15, 0.2) is 5.82 Å². The molecule has 7 heteroatoms. The van der Waals surface area contributed by atoms with E-state index in [0.717, 1.165) is 5.69 Å². The van der Waals surface area contributed by atoms with Crippen molar-refractivity contribution in [3.8, 4) is 5.69 Å². The van der Waals surface area contributed by atoms with E-state index in [1.54, 1.807) is 0 Å². The molecule has 0 N–H and O–H groups in total. The summed E-state index contributed by atoms with van der Waals surface area (Å²) in [6, 6.07) is 9.50. The molecule has 0 fully saturated rings. The molecule has 0 saturated heterocycles. The van der Waals surface area contributed by atoms with Gasteiger partial charge in [0.2, 0.25) is 0 Å². The van der Waals surface area contributed by atoms with Crippen molar-refractivity contribution in [3.63, 3.8) is 0 Å². The fourth-order valence-electron chi connectivity index (χ4n) is 1.81. The number of rotatable bonds is 7. The number of alkyl halides is 3. The number of hydrogen-bond donors (Lipinski definition) is 0. The molecule has 4 nitrogen and oxygen atoms in total. The molecule has 0 saturated carbocycles. The lowest BCUT2D eigenvalue weighted by Crippen LogP contribution is -2.11. The highest BCUT2D eigenvalue weighted by Crippen LogP contribution is 2.15. The van der Waals surface area contributed by atoms with Gasteiger partial charge in [0, 0.05) is 12.1 Å². The van der Waals surface area contributed by atoms with Crippen molar-refractivity contribution >= 4 is 11.6 Å². The van der Waals surface area contributed by atoms with E-state index in [2.05, 4.69) is 10.2 Å². The average Bonchev–Trinajstić information content (AvgIpc) is 2.87. The van der Waals surface area contributed by atoms with Crippen molar-refractivity contribution in [2.45, 2.75) is 18.7 Å². The minimum atomic E-state index is -2.46. The molecular formula is C13H14ClF2N3O. The summed E-state index contributed by atoms with van der Waals surface area (Å²) in [6.07, 6.45) is -2.06. The van der Waals surface area contributed by atoms with Crippen LogP contribution in [0, 0.1) is 0 Å². The van der Waals surface area contributed by atoms with Crippen molar-refractivity contribution < 1.29 is 13.5 Å². The second-order valence-electron chi connectivity index (χ2n) is 4.05. The molecule has 0 spiro atoms. The number of nitrogens with zero attached hydrogens (tertiary/aromatic N) is 3. The van der Waals surface area contributed by atoms with Gasteiger partial charge in [-0.1, -0.05) is 18.2 Å². The minimum Gasteiger partial charge on any atom is -0.375 e. The van der Waals surface area contributed by atoms with Crippen LogP contribution in [0.2, 0.25) is 0 Å². The normalized spacial score (nSPS) is 11.2. The third-order valence-electron chi connectivity index (χ3n) is 2.64. The molecule has 0 amide bonds. The highest BCUT2D eigenvalue weighted by molar-refractivity contribution is 6.16. The molecule has 0 bridgehead atoms. The Hall–Kier alpha value is -1.53. The van der Waals surface area contributed by atoms with E-state index in [1.165, 1.54) is 0 Å². The summed E-state index contributed by atoms with van der Waals surface area (Å²) in [7, 11) is 0. The topological polar surface area (TPSA) is 39.9 Å². The van der Waals surface area contributed by atoms with Crippen molar-refractivity contribution in [2.24, 2.45) is 0 Å². The summed E-state index contributed by atoms with van der Waals surface area (Å²) < 4.78 is 30.7. The Balaban J connectivity index is 2.12. The van der Waals surface area contributed by atoms with Gasteiger partial charge in [0.25, 0.3) is 6.43 Å². The van der Waals surface area contributed by atoms with Crippen LogP contribution in [-0.2, 0) is 17.0 Å². The van der Waals surface area contributed by atoms with Crippen LogP contribution in [0.1, 0.15) is 11.6 Å². The minimum absolute atomic E-state index is 0.164. The Labute approximate surface area is 120 Å². The summed E-state index contributed by atoms with van der Waals surface area (Å²) in [5.41, 5.74) is 0.886. The highest BCUT2D eigenvalue weighted by atomic mass is 35.5. The number of para-hydroxylation sites is 1. The molecule has 1 aromatic heterocycles. The van der Waals surface area contributed by atoms with E-state index in [1.807, 2.05) is 34.9 Å². The smallest absolute Gasteiger partial charge is 0.261 e. The molecule has 1 aromatic carbocycles. The third kappa shape index (κ3) is 3.74. The van der Waals surface area contributed by atoms with Crippen LogP contribution < -0.4 is 0 Å². The maximum Gasteiger partial charge on any atom is 0.261 e. The van der Waals surface area contributed by atoms with Crippen molar-refractivity contribution in [2.75, 3.05) is 13.2 Å². The van der Waals surface area contributed by atoms with E-state index in [9.17, 15) is 8.78 Å². The Morgan fingerprint density at radius 1 is 1.15 bits per heavy atom. The molecule has 1 heterocycles. The van der Waals surface area contributed by atoms with Crippen LogP contribution in [0.15, 0.2) is 30.3 Å². The van der Waals surface area contributed by atoms with E-state index in [-0.39, 0.29) is 12.5 Å². The molecule has 0 aliphatic heterocycles. The SMILES string of the molecule is FC(F)COCCc1nnc(CCl)n1-c1ccccc1. The second-order valence-corrected chi connectivity index (χ2v) is 4.32. The molecule has 0 radical (unpaired) electrons. The second kappa shape index (κ2) is 7.31. The maximum absolute atomic E-state index is 12.0. The van der Waals surface area contributed by atoms with Gasteiger partial charge in [-0.05, 0) is 12.1 Å².